The minimum absolute atomic E-state index is 0.0319. The topological polar surface area (TPSA) is 75.4 Å². The lowest BCUT2D eigenvalue weighted by Crippen LogP contribution is -2.54. The fourth-order valence-corrected chi connectivity index (χ4v) is 4.57. The number of aryl methyl sites for hydroxylation is 1. The summed E-state index contributed by atoms with van der Waals surface area (Å²) in [4.78, 5) is 28.2. The van der Waals surface area contributed by atoms with Crippen molar-refractivity contribution in [3.05, 3.63) is 77.6 Å². The van der Waals surface area contributed by atoms with Crippen LogP contribution in [0.25, 0.3) is 11.3 Å². The Morgan fingerprint density at radius 1 is 1.12 bits per heavy atom. The molecule has 6 heteroatoms. The van der Waals surface area contributed by atoms with Crippen molar-refractivity contribution in [2.24, 2.45) is 5.41 Å². The fraction of sp³-hybridized carbons (Fsp3) is 0.370. The summed E-state index contributed by atoms with van der Waals surface area (Å²) in [6, 6.07) is 19.8. The molecule has 1 aromatic heterocycles. The number of likely N-dealkylation sites (tertiary alicyclic amines) is 1. The number of carbonyl (C=O) groups is 2. The molecule has 2 aromatic carbocycles. The molecule has 33 heavy (non-hydrogen) atoms. The molecule has 1 saturated heterocycles. The molecule has 0 spiro atoms. The van der Waals surface area contributed by atoms with Crippen molar-refractivity contribution in [2.75, 3.05) is 19.6 Å². The van der Waals surface area contributed by atoms with Crippen LogP contribution in [0.5, 0.6) is 0 Å². The zero-order chi connectivity index (χ0) is 23.3. The van der Waals surface area contributed by atoms with Gasteiger partial charge in [0.25, 0.3) is 0 Å². The van der Waals surface area contributed by atoms with E-state index in [1.165, 1.54) is 5.56 Å². The predicted molar refractivity (Wildman–Crippen MR) is 127 cm³/mol. The average molecular weight is 446 g/mol. The van der Waals surface area contributed by atoms with Gasteiger partial charge in [0.15, 0.2) is 0 Å². The van der Waals surface area contributed by atoms with Crippen LogP contribution in [0.2, 0.25) is 0 Å². The van der Waals surface area contributed by atoms with Crippen LogP contribution in [0.4, 0.5) is 0 Å². The van der Waals surface area contributed by atoms with Crippen molar-refractivity contribution in [1.82, 2.24) is 15.4 Å². The summed E-state index contributed by atoms with van der Waals surface area (Å²) >= 11 is 0. The highest BCUT2D eigenvalue weighted by molar-refractivity contribution is 5.85. The highest BCUT2D eigenvalue weighted by Gasteiger charge is 2.44. The van der Waals surface area contributed by atoms with E-state index in [9.17, 15) is 9.59 Å². The molecule has 0 aliphatic carbocycles. The summed E-state index contributed by atoms with van der Waals surface area (Å²) in [5.41, 5.74) is 3.15. The Hall–Kier alpha value is -3.41. The normalized spacial score (nSPS) is 18.2. The average Bonchev–Trinajstić information content (AvgIpc) is 3.29. The molecule has 4 rings (SSSR count). The van der Waals surface area contributed by atoms with Crippen LogP contribution in [0.15, 0.2) is 65.2 Å². The van der Waals surface area contributed by atoms with Crippen molar-refractivity contribution in [3.8, 4) is 11.3 Å². The van der Waals surface area contributed by atoms with Gasteiger partial charge in [-0.1, -0.05) is 65.3 Å². The van der Waals surface area contributed by atoms with Crippen LogP contribution >= 0.6 is 0 Å². The van der Waals surface area contributed by atoms with E-state index in [0.29, 0.717) is 44.7 Å². The van der Waals surface area contributed by atoms with Gasteiger partial charge in [0.05, 0.1) is 11.8 Å². The number of benzene rings is 2. The molecular formula is C27H31N3O3. The van der Waals surface area contributed by atoms with Gasteiger partial charge in [-0.25, -0.2) is 0 Å². The van der Waals surface area contributed by atoms with Crippen molar-refractivity contribution in [2.45, 2.75) is 39.5 Å². The van der Waals surface area contributed by atoms with Crippen LogP contribution < -0.4 is 5.32 Å². The largest absolute Gasteiger partial charge is 0.361 e. The number of aromatic nitrogens is 1. The zero-order valence-electron chi connectivity index (χ0n) is 19.3. The fourth-order valence-electron chi connectivity index (χ4n) is 4.57. The Bertz CT molecular complexity index is 1090. The second-order valence-electron chi connectivity index (χ2n) is 8.94. The van der Waals surface area contributed by atoms with Crippen LogP contribution in [0.1, 0.15) is 36.7 Å². The molecule has 0 unspecified atom stereocenters. The number of rotatable bonds is 7. The Morgan fingerprint density at radius 3 is 2.61 bits per heavy atom. The molecule has 0 saturated carbocycles. The zero-order valence-corrected chi connectivity index (χ0v) is 19.3. The lowest BCUT2D eigenvalue weighted by molar-refractivity contribution is -0.141. The SMILES string of the molecule is CCNC(=O)[C@@]1(Cc2cc(-c3ccccc3)no2)CCCN(C(=O)Cc2ccc(C)cc2)C1. The van der Waals surface area contributed by atoms with E-state index in [0.717, 1.165) is 23.2 Å². The molecule has 0 radical (unpaired) electrons. The van der Waals surface area contributed by atoms with Crippen molar-refractivity contribution < 1.29 is 14.1 Å². The maximum atomic E-state index is 13.3. The second kappa shape index (κ2) is 10.0. The second-order valence-corrected chi connectivity index (χ2v) is 8.94. The van der Waals surface area contributed by atoms with Gasteiger partial charge in [0, 0.05) is 37.7 Å². The predicted octanol–water partition coefficient (Wildman–Crippen LogP) is 4.18. The lowest BCUT2D eigenvalue weighted by atomic mass is 9.75. The lowest BCUT2D eigenvalue weighted by Gasteiger charge is -2.41. The number of hydrogen-bond donors (Lipinski definition) is 1. The standard InChI is InChI=1S/C27H31N3O3/c1-3-28-26(32)27(18-23-17-24(29-33-23)22-8-5-4-6-9-22)14-7-15-30(19-27)25(31)16-21-12-10-20(2)11-13-21/h4-6,8-13,17H,3,7,14-16,18-19H2,1-2H3,(H,28,32)/t27-/m1/s1. The Balaban J connectivity index is 1.53. The maximum Gasteiger partial charge on any atom is 0.228 e. The molecule has 6 nitrogen and oxygen atoms in total. The van der Waals surface area contributed by atoms with E-state index >= 15 is 0 Å². The molecule has 0 bridgehead atoms. The first kappa shape index (κ1) is 22.8. The van der Waals surface area contributed by atoms with Gasteiger partial charge >= 0.3 is 0 Å². The molecule has 172 valence electrons. The molecule has 3 aromatic rings. The molecule has 2 amide bonds. The molecule has 1 aliphatic rings. The Labute approximate surface area is 195 Å². The molecular weight excluding hydrogens is 414 g/mol. The third kappa shape index (κ3) is 5.33. The summed E-state index contributed by atoms with van der Waals surface area (Å²) in [7, 11) is 0. The summed E-state index contributed by atoms with van der Waals surface area (Å²) in [6.45, 7) is 5.53. The van der Waals surface area contributed by atoms with Crippen molar-refractivity contribution in [1.29, 1.82) is 0 Å². The summed E-state index contributed by atoms with van der Waals surface area (Å²) in [5.74, 6) is 0.679. The third-order valence-electron chi connectivity index (χ3n) is 6.37. The maximum absolute atomic E-state index is 13.3. The van der Waals surface area contributed by atoms with Gasteiger partial charge < -0.3 is 14.7 Å². The summed E-state index contributed by atoms with van der Waals surface area (Å²) in [5, 5.41) is 7.21. The number of piperidine rings is 1. The first-order chi connectivity index (χ1) is 16.0. The van der Waals surface area contributed by atoms with Gasteiger partial charge in [-0.05, 0) is 32.3 Å². The number of nitrogens with zero attached hydrogens (tertiary/aromatic N) is 2. The number of hydrogen-bond acceptors (Lipinski definition) is 4. The van der Waals surface area contributed by atoms with Crippen LogP contribution in [-0.2, 0) is 22.4 Å². The summed E-state index contributed by atoms with van der Waals surface area (Å²) in [6.07, 6.45) is 2.23. The third-order valence-corrected chi connectivity index (χ3v) is 6.37. The van der Waals surface area contributed by atoms with Crippen molar-refractivity contribution >= 4 is 11.8 Å². The molecule has 1 fully saturated rings. The molecule has 1 aliphatic heterocycles. The van der Waals surface area contributed by atoms with Gasteiger partial charge in [-0.3, -0.25) is 9.59 Å². The van der Waals surface area contributed by atoms with Crippen LogP contribution in [-0.4, -0.2) is 41.5 Å². The van der Waals surface area contributed by atoms with E-state index in [-0.39, 0.29) is 11.8 Å². The molecule has 1 N–H and O–H groups in total. The van der Waals surface area contributed by atoms with E-state index < -0.39 is 5.41 Å². The number of carbonyl (C=O) groups excluding carboxylic acids is 2. The minimum Gasteiger partial charge on any atom is -0.361 e. The van der Waals surface area contributed by atoms with Gasteiger partial charge in [0.2, 0.25) is 11.8 Å². The number of nitrogens with one attached hydrogen (secondary N) is 1. The van der Waals surface area contributed by atoms with E-state index in [4.69, 9.17) is 4.52 Å². The van der Waals surface area contributed by atoms with Gasteiger partial charge in [0.1, 0.15) is 11.5 Å². The first-order valence-corrected chi connectivity index (χ1v) is 11.6. The quantitative estimate of drug-likeness (QED) is 0.592. The van der Waals surface area contributed by atoms with Gasteiger partial charge in [-0.2, -0.15) is 0 Å². The van der Waals surface area contributed by atoms with Gasteiger partial charge in [-0.15, -0.1) is 0 Å². The van der Waals surface area contributed by atoms with Crippen molar-refractivity contribution in [3.63, 3.8) is 0 Å². The first-order valence-electron chi connectivity index (χ1n) is 11.6. The van der Waals surface area contributed by atoms with Crippen LogP contribution in [0, 0.1) is 12.3 Å². The highest BCUT2D eigenvalue weighted by Crippen LogP contribution is 2.35. The van der Waals surface area contributed by atoms with E-state index in [1.54, 1.807) is 0 Å². The van der Waals surface area contributed by atoms with Crippen LogP contribution in [0.3, 0.4) is 0 Å². The Morgan fingerprint density at radius 2 is 1.88 bits per heavy atom. The smallest absolute Gasteiger partial charge is 0.228 e. The Kier molecular flexibility index (Phi) is 6.92. The molecule has 2 heterocycles. The monoisotopic (exact) mass is 445 g/mol. The van der Waals surface area contributed by atoms with E-state index in [1.807, 2.05) is 79.4 Å². The minimum atomic E-state index is -0.731. The highest BCUT2D eigenvalue weighted by atomic mass is 16.5. The number of amides is 2. The van der Waals surface area contributed by atoms with E-state index in [2.05, 4.69) is 10.5 Å². The summed E-state index contributed by atoms with van der Waals surface area (Å²) < 4.78 is 5.64. The molecule has 1 atom stereocenters.